The third kappa shape index (κ3) is 3.29. The number of nitrogens with zero attached hydrogens (tertiary/aromatic N) is 1. The van der Waals surface area contributed by atoms with Crippen LogP contribution in [-0.4, -0.2) is 28.0 Å². The number of pyridine rings is 1. The van der Waals surface area contributed by atoms with Crippen LogP contribution in [0.25, 0.3) is 0 Å². The van der Waals surface area contributed by atoms with Crippen LogP contribution in [0.15, 0.2) is 18.3 Å². The SMILES string of the molecule is Cc1ncccc1C(=O)NC(C(=O)O)C(C)(C)C. The Labute approximate surface area is 106 Å². The molecule has 0 saturated carbocycles. The molecular formula is C13H18N2O3. The zero-order valence-corrected chi connectivity index (χ0v) is 11.0. The third-order valence-electron chi connectivity index (χ3n) is 2.64. The molecular weight excluding hydrogens is 232 g/mol. The minimum Gasteiger partial charge on any atom is -0.480 e. The van der Waals surface area contributed by atoms with Gasteiger partial charge in [0.1, 0.15) is 6.04 Å². The van der Waals surface area contributed by atoms with E-state index >= 15 is 0 Å². The van der Waals surface area contributed by atoms with Crippen molar-refractivity contribution < 1.29 is 14.7 Å². The van der Waals surface area contributed by atoms with E-state index in [1.807, 2.05) is 0 Å². The Balaban J connectivity index is 2.93. The Morgan fingerprint density at radius 1 is 1.39 bits per heavy atom. The Hall–Kier alpha value is -1.91. The first kappa shape index (κ1) is 14.2. The molecule has 0 bridgehead atoms. The molecule has 1 atom stereocenters. The van der Waals surface area contributed by atoms with Crippen LogP contribution in [0.4, 0.5) is 0 Å². The van der Waals surface area contributed by atoms with Crippen molar-refractivity contribution >= 4 is 11.9 Å². The molecule has 1 amide bonds. The van der Waals surface area contributed by atoms with Gasteiger partial charge in [-0.25, -0.2) is 4.79 Å². The lowest BCUT2D eigenvalue weighted by molar-refractivity contribution is -0.142. The molecule has 5 nitrogen and oxygen atoms in total. The minimum absolute atomic E-state index is 0.396. The summed E-state index contributed by atoms with van der Waals surface area (Å²) in [6.45, 7) is 7.01. The van der Waals surface area contributed by atoms with E-state index in [-0.39, 0.29) is 0 Å². The fourth-order valence-electron chi connectivity index (χ4n) is 1.58. The van der Waals surface area contributed by atoms with Crippen LogP contribution in [0.2, 0.25) is 0 Å². The van der Waals surface area contributed by atoms with Crippen molar-refractivity contribution in [1.82, 2.24) is 10.3 Å². The molecule has 0 fully saturated rings. The molecule has 0 aliphatic rings. The van der Waals surface area contributed by atoms with Crippen LogP contribution in [0.5, 0.6) is 0 Å². The highest BCUT2D eigenvalue weighted by molar-refractivity contribution is 5.97. The van der Waals surface area contributed by atoms with Crippen LogP contribution < -0.4 is 5.32 Å². The number of aliphatic carboxylic acids is 1. The van der Waals surface area contributed by atoms with Crippen molar-refractivity contribution in [2.24, 2.45) is 5.41 Å². The maximum absolute atomic E-state index is 12.0. The van der Waals surface area contributed by atoms with Crippen LogP contribution >= 0.6 is 0 Å². The van der Waals surface area contributed by atoms with E-state index in [0.29, 0.717) is 11.3 Å². The number of carbonyl (C=O) groups is 2. The first-order valence-corrected chi connectivity index (χ1v) is 5.69. The van der Waals surface area contributed by atoms with E-state index in [1.54, 1.807) is 46.0 Å². The second kappa shape index (κ2) is 5.16. The summed E-state index contributed by atoms with van der Waals surface area (Å²) in [5.41, 5.74) is 0.415. The van der Waals surface area contributed by atoms with E-state index < -0.39 is 23.3 Å². The zero-order chi connectivity index (χ0) is 13.9. The van der Waals surface area contributed by atoms with Crippen molar-refractivity contribution in [3.8, 4) is 0 Å². The topological polar surface area (TPSA) is 79.3 Å². The van der Waals surface area contributed by atoms with Gasteiger partial charge in [-0.1, -0.05) is 20.8 Å². The molecule has 1 rings (SSSR count). The van der Waals surface area contributed by atoms with E-state index in [1.165, 1.54) is 0 Å². The summed E-state index contributed by atoms with van der Waals surface area (Å²) in [5, 5.41) is 11.7. The Bertz CT molecular complexity index is 464. The first-order chi connectivity index (χ1) is 8.23. The summed E-state index contributed by atoms with van der Waals surface area (Å²) in [4.78, 5) is 27.2. The average Bonchev–Trinajstić information content (AvgIpc) is 2.24. The fourth-order valence-corrected chi connectivity index (χ4v) is 1.58. The van der Waals surface area contributed by atoms with Gasteiger partial charge in [-0.3, -0.25) is 9.78 Å². The summed E-state index contributed by atoms with van der Waals surface area (Å²) in [7, 11) is 0. The number of carboxylic acids is 1. The molecule has 18 heavy (non-hydrogen) atoms. The Morgan fingerprint density at radius 3 is 2.44 bits per heavy atom. The smallest absolute Gasteiger partial charge is 0.326 e. The monoisotopic (exact) mass is 250 g/mol. The highest BCUT2D eigenvalue weighted by atomic mass is 16.4. The summed E-state index contributed by atoms with van der Waals surface area (Å²) in [6, 6.07) is 2.33. The van der Waals surface area contributed by atoms with Gasteiger partial charge < -0.3 is 10.4 Å². The molecule has 5 heteroatoms. The molecule has 1 heterocycles. The van der Waals surface area contributed by atoms with Crippen molar-refractivity contribution in [2.75, 3.05) is 0 Å². The molecule has 1 unspecified atom stereocenters. The van der Waals surface area contributed by atoms with Crippen LogP contribution in [0.3, 0.4) is 0 Å². The average molecular weight is 250 g/mol. The van der Waals surface area contributed by atoms with Crippen molar-refractivity contribution in [1.29, 1.82) is 0 Å². The van der Waals surface area contributed by atoms with E-state index in [2.05, 4.69) is 10.3 Å². The second-order valence-electron chi connectivity index (χ2n) is 5.25. The number of rotatable bonds is 3. The van der Waals surface area contributed by atoms with Gasteiger partial charge in [0.05, 0.1) is 5.56 Å². The normalized spacial score (nSPS) is 12.9. The number of nitrogens with one attached hydrogen (secondary N) is 1. The quantitative estimate of drug-likeness (QED) is 0.854. The van der Waals surface area contributed by atoms with Crippen LogP contribution in [0, 0.1) is 12.3 Å². The van der Waals surface area contributed by atoms with Crippen molar-refractivity contribution in [3.63, 3.8) is 0 Å². The van der Waals surface area contributed by atoms with Gasteiger partial charge in [0.25, 0.3) is 5.91 Å². The van der Waals surface area contributed by atoms with Gasteiger partial charge in [0, 0.05) is 11.9 Å². The Morgan fingerprint density at radius 2 is 2.00 bits per heavy atom. The lowest BCUT2D eigenvalue weighted by atomic mass is 9.86. The molecule has 0 radical (unpaired) electrons. The molecule has 98 valence electrons. The summed E-state index contributed by atoms with van der Waals surface area (Å²) >= 11 is 0. The molecule has 2 N–H and O–H groups in total. The van der Waals surface area contributed by atoms with Gasteiger partial charge >= 0.3 is 5.97 Å². The van der Waals surface area contributed by atoms with Crippen LogP contribution in [0.1, 0.15) is 36.8 Å². The molecule has 1 aromatic rings. The molecule has 0 aromatic carbocycles. The third-order valence-corrected chi connectivity index (χ3v) is 2.64. The number of hydrogen-bond acceptors (Lipinski definition) is 3. The lowest BCUT2D eigenvalue weighted by Crippen LogP contribution is -2.49. The van der Waals surface area contributed by atoms with Gasteiger partial charge in [-0.05, 0) is 24.5 Å². The highest BCUT2D eigenvalue weighted by Crippen LogP contribution is 2.20. The molecule has 0 spiro atoms. The van der Waals surface area contributed by atoms with Crippen molar-refractivity contribution in [2.45, 2.75) is 33.7 Å². The summed E-state index contributed by atoms with van der Waals surface area (Å²) in [6.07, 6.45) is 1.59. The van der Waals surface area contributed by atoms with Gasteiger partial charge in [0.2, 0.25) is 0 Å². The van der Waals surface area contributed by atoms with E-state index in [0.717, 1.165) is 0 Å². The lowest BCUT2D eigenvalue weighted by Gasteiger charge is -2.27. The largest absolute Gasteiger partial charge is 0.480 e. The molecule has 0 aliphatic heterocycles. The Kier molecular flexibility index (Phi) is 4.06. The number of aryl methyl sites for hydroxylation is 1. The summed E-state index contributed by atoms with van der Waals surface area (Å²) < 4.78 is 0. The predicted octanol–water partition coefficient (Wildman–Crippen LogP) is 1.62. The summed E-state index contributed by atoms with van der Waals surface area (Å²) in [5.74, 6) is -1.46. The number of carboxylic acid groups (broad SMARTS) is 1. The predicted molar refractivity (Wildman–Crippen MR) is 67.3 cm³/mol. The highest BCUT2D eigenvalue weighted by Gasteiger charge is 2.33. The van der Waals surface area contributed by atoms with Crippen LogP contribution in [-0.2, 0) is 4.79 Å². The molecule has 0 aliphatic carbocycles. The van der Waals surface area contributed by atoms with Gasteiger partial charge in [-0.2, -0.15) is 0 Å². The maximum Gasteiger partial charge on any atom is 0.326 e. The number of amides is 1. The molecule has 0 saturated heterocycles. The van der Waals surface area contributed by atoms with E-state index in [4.69, 9.17) is 5.11 Å². The van der Waals surface area contributed by atoms with Crippen molar-refractivity contribution in [3.05, 3.63) is 29.6 Å². The van der Waals surface area contributed by atoms with E-state index in [9.17, 15) is 9.59 Å². The van der Waals surface area contributed by atoms with Gasteiger partial charge in [0.15, 0.2) is 0 Å². The number of aromatic nitrogens is 1. The molecule has 1 aromatic heterocycles. The first-order valence-electron chi connectivity index (χ1n) is 5.69. The minimum atomic E-state index is -1.04. The zero-order valence-electron chi connectivity index (χ0n) is 11.0. The standard InChI is InChI=1S/C13H18N2O3/c1-8-9(6-5-7-14-8)11(16)15-10(12(17)18)13(2,3)4/h5-7,10H,1-4H3,(H,15,16)(H,17,18). The number of hydrogen-bond donors (Lipinski definition) is 2. The maximum atomic E-state index is 12.0. The second-order valence-corrected chi connectivity index (χ2v) is 5.25. The fraction of sp³-hybridized carbons (Fsp3) is 0.462. The number of carbonyl (C=O) groups excluding carboxylic acids is 1. The van der Waals surface area contributed by atoms with Gasteiger partial charge in [-0.15, -0.1) is 0 Å².